The van der Waals surface area contributed by atoms with Gasteiger partial charge in [-0.15, -0.1) is 0 Å². The third-order valence-corrected chi connectivity index (χ3v) is 5.38. The van der Waals surface area contributed by atoms with Crippen LogP contribution in [0, 0.1) is 0 Å². The first-order valence-corrected chi connectivity index (χ1v) is 9.45. The van der Waals surface area contributed by atoms with Crippen LogP contribution in [0.1, 0.15) is 36.5 Å². The zero-order valence-corrected chi connectivity index (χ0v) is 16.1. The fourth-order valence-electron chi connectivity index (χ4n) is 3.49. The van der Waals surface area contributed by atoms with Crippen molar-refractivity contribution in [1.82, 2.24) is 9.97 Å². The van der Waals surface area contributed by atoms with E-state index in [9.17, 15) is 0 Å². The Kier molecular flexibility index (Phi) is 4.60. The summed E-state index contributed by atoms with van der Waals surface area (Å²) in [6.07, 6.45) is 2.78. The van der Waals surface area contributed by atoms with Crippen molar-refractivity contribution in [3.8, 4) is 11.3 Å². The van der Waals surface area contributed by atoms with Gasteiger partial charge in [-0.2, -0.15) is 0 Å². The van der Waals surface area contributed by atoms with E-state index in [4.69, 9.17) is 28.2 Å². The lowest BCUT2D eigenvalue weighted by Gasteiger charge is -2.28. The Balaban J connectivity index is 1.82. The lowest BCUT2D eigenvalue weighted by atomic mass is 9.78. The molecule has 1 aliphatic carbocycles. The molecule has 1 aliphatic rings. The van der Waals surface area contributed by atoms with Crippen LogP contribution < -0.4 is 5.32 Å². The summed E-state index contributed by atoms with van der Waals surface area (Å²) in [6, 6.07) is 14.6. The van der Waals surface area contributed by atoms with Crippen molar-refractivity contribution in [2.75, 3.05) is 5.32 Å². The SMILES string of the molecule is CC(C)Nc1ncc2c(n1)-c1ccccc1C(c1ccc(Cl)c(Cl)c1)C2. The number of benzene rings is 2. The van der Waals surface area contributed by atoms with Gasteiger partial charge >= 0.3 is 0 Å². The van der Waals surface area contributed by atoms with Crippen molar-refractivity contribution in [3.63, 3.8) is 0 Å². The monoisotopic (exact) mass is 383 g/mol. The third-order valence-electron chi connectivity index (χ3n) is 4.64. The highest BCUT2D eigenvalue weighted by Crippen LogP contribution is 2.42. The average Bonchev–Trinajstić information content (AvgIpc) is 2.63. The summed E-state index contributed by atoms with van der Waals surface area (Å²) in [6.45, 7) is 4.16. The summed E-state index contributed by atoms with van der Waals surface area (Å²) in [5.41, 5.74) is 5.72. The highest BCUT2D eigenvalue weighted by atomic mass is 35.5. The van der Waals surface area contributed by atoms with Crippen LogP contribution in [-0.2, 0) is 6.42 Å². The molecular formula is C21H19Cl2N3. The maximum absolute atomic E-state index is 6.26. The molecule has 1 atom stereocenters. The van der Waals surface area contributed by atoms with Crippen molar-refractivity contribution in [1.29, 1.82) is 0 Å². The summed E-state index contributed by atoms with van der Waals surface area (Å²) < 4.78 is 0. The summed E-state index contributed by atoms with van der Waals surface area (Å²) in [4.78, 5) is 9.28. The summed E-state index contributed by atoms with van der Waals surface area (Å²) in [5.74, 6) is 0.877. The standard InChI is InChI=1S/C21H19Cl2N3/c1-12(2)25-21-24-11-14-9-17(13-7-8-18(22)19(23)10-13)15-5-3-4-6-16(15)20(14)26-21/h3-8,10-12,17H,9H2,1-2H3,(H,24,25,26). The molecule has 1 heterocycles. The molecule has 3 nitrogen and oxygen atoms in total. The van der Waals surface area contributed by atoms with E-state index in [-0.39, 0.29) is 12.0 Å². The first-order valence-electron chi connectivity index (χ1n) is 8.69. The summed E-state index contributed by atoms with van der Waals surface area (Å²) >= 11 is 12.4. The van der Waals surface area contributed by atoms with Crippen molar-refractivity contribution < 1.29 is 0 Å². The number of hydrogen-bond acceptors (Lipinski definition) is 3. The number of halogens is 2. The molecule has 0 bridgehead atoms. The van der Waals surface area contributed by atoms with Gasteiger partial charge in [0.25, 0.3) is 0 Å². The smallest absolute Gasteiger partial charge is 0.223 e. The van der Waals surface area contributed by atoms with Crippen LogP contribution in [-0.4, -0.2) is 16.0 Å². The lowest BCUT2D eigenvalue weighted by Crippen LogP contribution is -2.17. The Morgan fingerprint density at radius 2 is 1.88 bits per heavy atom. The summed E-state index contributed by atoms with van der Waals surface area (Å²) in [5, 5.41) is 4.45. The maximum Gasteiger partial charge on any atom is 0.223 e. The minimum Gasteiger partial charge on any atom is -0.352 e. The molecule has 5 heteroatoms. The second-order valence-electron chi connectivity index (χ2n) is 6.88. The molecule has 132 valence electrons. The second-order valence-corrected chi connectivity index (χ2v) is 7.70. The Morgan fingerprint density at radius 3 is 2.65 bits per heavy atom. The predicted octanol–water partition coefficient (Wildman–Crippen LogP) is 5.96. The Bertz CT molecular complexity index is 969. The topological polar surface area (TPSA) is 37.8 Å². The molecule has 3 aromatic rings. The van der Waals surface area contributed by atoms with Gasteiger partial charge < -0.3 is 5.32 Å². The minimum atomic E-state index is 0.209. The second kappa shape index (κ2) is 6.90. The van der Waals surface area contributed by atoms with E-state index in [1.54, 1.807) is 0 Å². The molecule has 2 aromatic carbocycles. The van der Waals surface area contributed by atoms with Gasteiger partial charge in [0.2, 0.25) is 5.95 Å². The molecule has 0 saturated carbocycles. The summed E-state index contributed by atoms with van der Waals surface area (Å²) in [7, 11) is 0. The van der Waals surface area contributed by atoms with Crippen molar-refractivity contribution in [3.05, 3.63) is 75.4 Å². The van der Waals surface area contributed by atoms with E-state index in [1.165, 1.54) is 5.56 Å². The molecule has 1 N–H and O–H groups in total. The molecule has 4 rings (SSSR count). The van der Waals surface area contributed by atoms with Crippen LogP contribution >= 0.6 is 23.2 Å². The van der Waals surface area contributed by atoms with E-state index in [1.807, 2.05) is 18.3 Å². The molecule has 1 aromatic heterocycles. The maximum atomic E-state index is 6.26. The molecule has 26 heavy (non-hydrogen) atoms. The minimum absolute atomic E-state index is 0.209. The van der Waals surface area contributed by atoms with Crippen LogP contribution in [0.15, 0.2) is 48.7 Å². The van der Waals surface area contributed by atoms with Gasteiger partial charge in [-0.3, -0.25) is 0 Å². The number of nitrogens with zero attached hydrogens (tertiary/aromatic N) is 2. The predicted molar refractivity (Wildman–Crippen MR) is 108 cm³/mol. The lowest BCUT2D eigenvalue weighted by molar-refractivity contribution is 0.779. The van der Waals surface area contributed by atoms with E-state index < -0.39 is 0 Å². The van der Waals surface area contributed by atoms with Crippen LogP contribution in [0.2, 0.25) is 10.0 Å². The molecule has 0 spiro atoms. The highest BCUT2D eigenvalue weighted by molar-refractivity contribution is 6.42. The number of anilines is 1. The normalized spacial score (nSPS) is 15.5. The van der Waals surface area contributed by atoms with Gasteiger partial charge in [0.05, 0.1) is 15.7 Å². The average molecular weight is 384 g/mol. The third kappa shape index (κ3) is 3.17. The molecule has 1 unspecified atom stereocenters. The van der Waals surface area contributed by atoms with Crippen LogP contribution in [0.3, 0.4) is 0 Å². The van der Waals surface area contributed by atoms with E-state index in [2.05, 4.69) is 54.5 Å². The molecule has 0 radical (unpaired) electrons. The van der Waals surface area contributed by atoms with E-state index in [0.29, 0.717) is 16.0 Å². The van der Waals surface area contributed by atoms with E-state index in [0.717, 1.165) is 28.8 Å². The molecule has 0 fully saturated rings. The Labute approximate surface area is 163 Å². The molecular weight excluding hydrogens is 365 g/mol. The van der Waals surface area contributed by atoms with Gasteiger partial charge in [-0.1, -0.05) is 53.5 Å². The fourth-order valence-corrected chi connectivity index (χ4v) is 3.80. The van der Waals surface area contributed by atoms with Crippen LogP contribution in [0.4, 0.5) is 5.95 Å². The van der Waals surface area contributed by atoms with Gasteiger partial charge in [0.15, 0.2) is 0 Å². The zero-order valence-electron chi connectivity index (χ0n) is 14.6. The fraction of sp³-hybridized carbons (Fsp3) is 0.238. The van der Waals surface area contributed by atoms with Crippen LogP contribution in [0.5, 0.6) is 0 Å². The van der Waals surface area contributed by atoms with E-state index >= 15 is 0 Å². The Hall–Kier alpha value is -2.10. The number of nitrogens with one attached hydrogen (secondary N) is 1. The largest absolute Gasteiger partial charge is 0.352 e. The number of fused-ring (bicyclic) bond motifs is 3. The number of aromatic nitrogens is 2. The number of hydrogen-bond donors (Lipinski definition) is 1. The quantitative estimate of drug-likeness (QED) is 0.606. The van der Waals surface area contributed by atoms with Gasteiger partial charge in [-0.05, 0) is 49.1 Å². The van der Waals surface area contributed by atoms with Crippen molar-refractivity contribution >= 4 is 29.2 Å². The number of rotatable bonds is 3. The zero-order chi connectivity index (χ0) is 18.3. The Morgan fingerprint density at radius 1 is 1.08 bits per heavy atom. The molecule has 0 aliphatic heterocycles. The molecule has 0 saturated heterocycles. The van der Waals surface area contributed by atoms with Gasteiger partial charge in [-0.25, -0.2) is 9.97 Å². The first-order chi connectivity index (χ1) is 12.5. The van der Waals surface area contributed by atoms with Gasteiger partial charge in [0.1, 0.15) is 0 Å². The van der Waals surface area contributed by atoms with Crippen LogP contribution in [0.25, 0.3) is 11.3 Å². The molecule has 0 amide bonds. The highest BCUT2D eigenvalue weighted by Gasteiger charge is 2.27. The van der Waals surface area contributed by atoms with Gasteiger partial charge in [0, 0.05) is 23.7 Å². The first kappa shape index (κ1) is 17.3. The van der Waals surface area contributed by atoms with Crippen molar-refractivity contribution in [2.24, 2.45) is 0 Å². The van der Waals surface area contributed by atoms with Crippen molar-refractivity contribution in [2.45, 2.75) is 32.2 Å².